The Labute approximate surface area is 236 Å². The lowest BCUT2D eigenvalue weighted by molar-refractivity contribution is -0.137. The summed E-state index contributed by atoms with van der Waals surface area (Å²) in [6.45, 7) is 3.75. The Balaban J connectivity index is 1.42. The van der Waals surface area contributed by atoms with E-state index in [1.54, 1.807) is 20.3 Å². The summed E-state index contributed by atoms with van der Waals surface area (Å²) in [5, 5.41) is 13.0. The fraction of sp³-hybridized carbons (Fsp3) is 0.600. The first-order valence-electron chi connectivity index (χ1n) is 14.1. The van der Waals surface area contributed by atoms with Crippen molar-refractivity contribution in [3.05, 3.63) is 47.2 Å². The average Bonchev–Trinajstić information content (AvgIpc) is 3.32. The van der Waals surface area contributed by atoms with Gasteiger partial charge in [-0.3, -0.25) is 9.69 Å². The van der Waals surface area contributed by atoms with Gasteiger partial charge in [0.2, 0.25) is 0 Å². The van der Waals surface area contributed by atoms with Crippen LogP contribution in [0.25, 0.3) is 0 Å². The number of halogens is 1. The Kier molecular flexibility index (Phi) is 11.0. The zero-order valence-corrected chi connectivity index (χ0v) is 23.6. The van der Waals surface area contributed by atoms with Crippen molar-refractivity contribution in [2.45, 2.75) is 50.1 Å². The SMILES string of the molecule is COCCOc1cc(OCCOC)cc([C@H](CC(=O)O)CN2CC[C@@](F)(CCc3ccc4c(n3)NCCC4)C2)c1. The molecule has 2 N–H and O–H groups in total. The fourth-order valence-electron chi connectivity index (χ4n) is 5.43. The number of benzene rings is 1. The summed E-state index contributed by atoms with van der Waals surface area (Å²) in [7, 11) is 3.20. The highest BCUT2D eigenvalue weighted by molar-refractivity contribution is 5.68. The van der Waals surface area contributed by atoms with E-state index in [2.05, 4.69) is 11.4 Å². The number of hydrogen-bond acceptors (Lipinski definition) is 8. The molecule has 0 radical (unpaired) electrons. The van der Waals surface area contributed by atoms with Gasteiger partial charge in [0.1, 0.15) is 36.2 Å². The number of pyridine rings is 1. The number of alkyl halides is 1. The van der Waals surface area contributed by atoms with Crippen molar-refractivity contribution < 1.29 is 33.2 Å². The molecular formula is C30H42FN3O6. The van der Waals surface area contributed by atoms with E-state index in [0.717, 1.165) is 36.5 Å². The zero-order valence-electron chi connectivity index (χ0n) is 23.6. The summed E-state index contributed by atoms with van der Waals surface area (Å²) in [5.41, 5.74) is 1.57. The number of likely N-dealkylation sites (tertiary alicyclic amines) is 1. The molecule has 1 saturated heterocycles. The molecule has 2 aliphatic rings. The van der Waals surface area contributed by atoms with Crippen molar-refractivity contribution in [3.8, 4) is 11.5 Å². The third kappa shape index (κ3) is 8.78. The summed E-state index contributed by atoms with van der Waals surface area (Å²) < 4.78 is 37.7. The minimum atomic E-state index is -1.33. The molecule has 0 bridgehead atoms. The first kappa shape index (κ1) is 30.0. The number of rotatable bonds is 16. The van der Waals surface area contributed by atoms with Crippen LogP contribution in [0.2, 0.25) is 0 Å². The molecule has 1 fully saturated rings. The third-order valence-corrected chi connectivity index (χ3v) is 7.55. The van der Waals surface area contributed by atoms with Crippen LogP contribution in [-0.2, 0) is 27.1 Å². The van der Waals surface area contributed by atoms with Gasteiger partial charge in [0.25, 0.3) is 0 Å². The van der Waals surface area contributed by atoms with Gasteiger partial charge in [0.15, 0.2) is 0 Å². The Morgan fingerprint density at radius 3 is 2.52 bits per heavy atom. The molecule has 9 nitrogen and oxygen atoms in total. The number of hydrogen-bond donors (Lipinski definition) is 2. The molecule has 220 valence electrons. The number of carboxylic acids is 1. The summed E-state index contributed by atoms with van der Waals surface area (Å²) >= 11 is 0. The normalized spacial score (nSPS) is 19.6. The van der Waals surface area contributed by atoms with Crippen molar-refractivity contribution in [2.24, 2.45) is 0 Å². The second kappa shape index (κ2) is 14.6. The maximum absolute atomic E-state index is 15.9. The summed E-state index contributed by atoms with van der Waals surface area (Å²) in [6.07, 6.45) is 3.42. The molecule has 40 heavy (non-hydrogen) atoms. The van der Waals surface area contributed by atoms with Crippen LogP contribution >= 0.6 is 0 Å². The maximum atomic E-state index is 15.9. The van der Waals surface area contributed by atoms with Gasteiger partial charge in [-0.05, 0) is 61.4 Å². The minimum absolute atomic E-state index is 0.0825. The van der Waals surface area contributed by atoms with Crippen molar-refractivity contribution in [1.29, 1.82) is 0 Å². The third-order valence-electron chi connectivity index (χ3n) is 7.55. The quantitative estimate of drug-likeness (QED) is 0.294. The van der Waals surface area contributed by atoms with Crippen LogP contribution in [0, 0.1) is 0 Å². The van der Waals surface area contributed by atoms with Crippen molar-refractivity contribution in [3.63, 3.8) is 0 Å². The van der Waals surface area contributed by atoms with E-state index < -0.39 is 11.6 Å². The Hall–Kier alpha value is -2.95. The second-order valence-electron chi connectivity index (χ2n) is 10.7. The van der Waals surface area contributed by atoms with E-state index in [0.29, 0.717) is 70.3 Å². The lowest BCUT2D eigenvalue weighted by Crippen LogP contribution is -2.33. The van der Waals surface area contributed by atoms with Crippen LogP contribution in [0.1, 0.15) is 48.4 Å². The summed E-state index contributed by atoms with van der Waals surface area (Å²) in [5.74, 6) is 0.816. The number of carbonyl (C=O) groups is 1. The van der Waals surface area contributed by atoms with Gasteiger partial charge in [-0.1, -0.05) is 6.07 Å². The number of anilines is 1. The van der Waals surface area contributed by atoms with E-state index in [1.807, 2.05) is 23.1 Å². The number of nitrogens with zero attached hydrogens (tertiary/aromatic N) is 2. The maximum Gasteiger partial charge on any atom is 0.304 e. The van der Waals surface area contributed by atoms with E-state index in [4.69, 9.17) is 23.9 Å². The first-order chi connectivity index (χ1) is 19.4. The smallest absolute Gasteiger partial charge is 0.304 e. The molecule has 0 amide bonds. The fourth-order valence-corrected chi connectivity index (χ4v) is 5.43. The average molecular weight is 560 g/mol. The first-order valence-corrected chi connectivity index (χ1v) is 14.1. The highest BCUT2D eigenvalue weighted by Crippen LogP contribution is 2.35. The molecule has 2 atom stereocenters. The predicted octanol–water partition coefficient (Wildman–Crippen LogP) is 4.10. The number of nitrogens with one attached hydrogen (secondary N) is 1. The van der Waals surface area contributed by atoms with Gasteiger partial charge in [0.05, 0.1) is 19.6 Å². The number of aromatic nitrogens is 1. The number of aryl methyl sites for hydroxylation is 2. The topological polar surface area (TPSA) is 102 Å². The molecule has 1 aromatic carbocycles. The molecule has 1 aromatic heterocycles. The van der Waals surface area contributed by atoms with Gasteiger partial charge in [-0.25, -0.2) is 9.37 Å². The second-order valence-corrected chi connectivity index (χ2v) is 10.7. The summed E-state index contributed by atoms with van der Waals surface area (Å²) in [4.78, 5) is 18.6. The van der Waals surface area contributed by atoms with E-state index >= 15 is 4.39 Å². The molecule has 4 rings (SSSR count). The van der Waals surface area contributed by atoms with Crippen molar-refractivity contribution in [1.82, 2.24) is 9.88 Å². The zero-order chi connectivity index (χ0) is 28.4. The van der Waals surface area contributed by atoms with Crippen LogP contribution in [0.5, 0.6) is 11.5 Å². The number of methoxy groups -OCH3 is 2. The number of fused-ring (bicyclic) bond motifs is 1. The molecular weight excluding hydrogens is 517 g/mol. The standard InChI is InChI=1S/C30H42FN3O6/c1-37-12-14-39-26-16-23(17-27(19-26)40-15-13-38-2)24(18-28(35)36)20-34-11-9-30(31,21-34)8-7-25-6-5-22-4-3-10-32-29(22)33-25/h5-6,16-17,19,24H,3-4,7-15,18,20-21H2,1-2H3,(H,32,33)(H,35,36)/t24-,30+/m1/s1. The van der Waals surface area contributed by atoms with Gasteiger partial charge in [-0.15, -0.1) is 0 Å². The van der Waals surface area contributed by atoms with Gasteiger partial charge in [0, 0.05) is 58.1 Å². The molecule has 0 aliphatic carbocycles. The Bertz CT molecular complexity index is 1090. The predicted molar refractivity (Wildman–Crippen MR) is 150 cm³/mol. The largest absolute Gasteiger partial charge is 0.491 e. The Morgan fingerprint density at radius 1 is 1.12 bits per heavy atom. The van der Waals surface area contributed by atoms with Crippen LogP contribution in [0.3, 0.4) is 0 Å². The van der Waals surface area contributed by atoms with E-state index in [1.165, 1.54) is 5.56 Å². The highest BCUT2D eigenvalue weighted by atomic mass is 19.1. The minimum Gasteiger partial charge on any atom is -0.491 e. The summed E-state index contributed by atoms with van der Waals surface area (Å²) in [6, 6.07) is 9.59. The molecule has 10 heteroatoms. The van der Waals surface area contributed by atoms with E-state index in [9.17, 15) is 9.90 Å². The molecule has 2 aliphatic heterocycles. The molecule has 0 spiro atoms. The van der Waals surface area contributed by atoms with Gasteiger partial charge >= 0.3 is 5.97 Å². The Morgan fingerprint density at radius 2 is 1.85 bits per heavy atom. The monoisotopic (exact) mass is 559 g/mol. The van der Waals surface area contributed by atoms with Crippen molar-refractivity contribution in [2.75, 3.05) is 72.1 Å². The molecule has 2 aromatic rings. The van der Waals surface area contributed by atoms with Crippen molar-refractivity contribution >= 4 is 11.8 Å². The lowest BCUT2D eigenvalue weighted by atomic mass is 9.94. The van der Waals surface area contributed by atoms with E-state index in [-0.39, 0.29) is 18.9 Å². The van der Waals surface area contributed by atoms with Gasteiger partial charge in [-0.2, -0.15) is 0 Å². The van der Waals surface area contributed by atoms with Crippen LogP contribution < -0.4 is 14.8 Å². The van der Waals surface area contributed by atoms with Crippen LogP contribution in [-0.4, -0.2) is 93.5 Å². The van der Waals surface area contributed by atoms with Gasteiger partial charge < -0.3 is 29.4 Å². The van der Waals surface area contributed by atoms with Crippen LogP contribution in [0.15, 0.2) is 30.3 Å². The number of carboxylic acid groups (broad SMARTS) is 1. The lowest BCUT2D eigenvalue weighted by Gasteiger charge is -2.25. The molecule has 0 saturated carbocycles. The molecule has 0 unspecified atom stereocenters. The highest BCUT2D eigenvalue weighted by Gasteiger charge is 2.39. The number of aliphatic carboxylic acids is 1. The number of ether oxygens (including phenoxy) is 4. The molecule has 3 heterocycles. The van der Waals surface area contributed by atoms with Crippen LogP contribution in [0.4, 0.5) is 10.2 Å².